The van der Waals surface area contributed by atoms with E-state index in [1.807, 2.05) is 6.92 Å². The molecule has 0 amide bonds. The number of hydrogen-bond donors (Lipinski definition) is 0. The van der Waals surface area contributed by atoms with Crippen molar-refractivity contribution in [3.05, 3.63) is 23.2 Å². The van der Waals surface area contributed by atoms with Crippen molar-refractivity contribution in [2.45, 2.75) is 19.8 Å². The molecular weight excluding hydrogens is 232 g/mol. The van der Waals surface area contributed by atoms with Crippen LogP contribution in [0.2, 0.25) is 5.15 Å². The van der Waals surface area contributed by atoms with Crippen LogP contribution in [0, 0.1) is 0 Å². The van der Waals surface area contributed by atoms with Crippen LogP contribution in [0.5, 0.6) is 0 Å². The van der Waals surface area contributed by atoms with Gasteiger partial charge in [-0.25, -0.2) is 4.79 Å². The predicted molar refractivity (Wildman–Crippen MR) is 55.2 cm³/mol. The summed E-state index contributed by atoms with van der Waals surface area (Å²) in [7, 11) is 0. The largest absolute Gasteiger partial charge is 0.372 e. The average molecular weight is 241 g/mol. The summed E-state index contributed by atoms with van der Waals surface area (Å²) in [6.07, 6.45) is 4.33. The zero-order valence-electron chi connectivity index (χ0n) is 8.54. The van der Waals surface area contributed by atoms with Gasteiger partial charge in [0.1, 0.15) is 0 Å². The summed E-state index contributed by atoms with van der Waals surface area (Å²) in [6, 6.07) is -0.444. The molecule has 0 radical (unpaired) electrons. The number of halogens is 1. The van der Waals surface area contributed by atoms with E-state index >= 15 is 0 Å². The van der Waals surface area contributed by atoms with Crippen molar-refractivity contribution in [2.75, 3.05) is 0 Å². The first-order valence-corrected chi connectivity index (χ1v) is 5.13. The van der Waals surface area contributed by atoms with Gasteiger partial charge < -0.3 is 0 Å². The lowest BCUT2D eigenvalue weighted by Gasteiger charge is -2.02. The number of rotatable bonds is 2. The lowest BCUT2D eigenvalue weighted by atomic mass is 10.3. The smallest absolute Gasteiger partial charge is 0.243 e. The Labute approximate surface area is 96.0 Å². The van der Waals surface area contributed by atoms with Crippen LogP contribution in [0.3, 0.4) is 0 Å². The second kappa shape index (κ2) is 4.40. The van der Waals surface area contributed by atoms with Crippen LogP contribution in [0.25, 0.3) is 0 Å². The quantitative estimate of drug-likeness (QED) is 0.782. The van der Waals surface area contributed by atoms with Crippen molar-refractivity contribution in [3.8, 4) is 0 Å². The van der Waals surface area contributed by atoms with Gasteiger partial charge in [-0.2, -0.15) is 9.36 Å². The Morgan fingerprint density at radius 3 is 2.94 bits per heavy atom. The topological polar surface area (TPSA) is 78.5 Å². The maximum Gasteiger partial charge on any atom is 0.372 e. The van der Waals surface area contributed by atoms with Crippen molar-refractivity contribution in [1.29, 1.82) is 0 Å². The van der Waals surface area contributed by atoms with Crippen LogP contribution >= 0.6 is 11.6 Å². The molecule has 0 atom stereocenters. The zero-order valence-corrected chi connectivity index (χ0v) is 9.29. The van der Waals surface area contributed by atoms with Gasteiger partial charge in [0.05, 0.1) is 18.1 Å². The SMILES string of the molecule is CCCc1c(Cl)nnn1C(=O)n1ccnn1. The number of nitrogens with zero attached hydrogens (tertiary/aromatic N) is 6. The zero-order chi connectivity index (χ0) is 11.5. The van der Waals surface area contributed by atoms with Gasteiger partial charge in [-0.3, -0.25) is 0 Å². The van der Waals surface area contributed by atoms with Crippen LogP contribution in [0.15, 0.2) is 12.4 Å². The van der Waals surface area contributed by atoms with E-state index in [-0.39, 0.29) is 5.15 Å². The summed E-state index contributed by atoms with van der Waals surface area (Å²) in [4.78, 5) is 11.9. The molecule has 0 saturated carbocycles. The van der Waals surface area contributed by atoms with Gasteiger partial charge in [-0.1, -0.05) is 35.4 Å². The minimum Gasteiger partial charge on any atom is -0.243 e. The fourth-order valence-electron chi connectivity index (χ4n) is 1.29. The number of carbonyl (C=O) groups excluding carboxylic acids is 1. The normalized spacial score (nSPS) is 10.6. The molecule has 0 N–H and O–H groups in total. The molecule has 0 saturated heterocycles. The monoisotopic (exact) mass is 240 g/mol. The van der Waals surface area contributed by atoms with Gasteiger partial charge in [0, 0.05) is 0 Å². The van der Waals surface area contributed by atoms with Crippen molar-refractivity contribution >= 4 is 17.6 Å². The summed E-state index contributed by atoms with van der Waals surface area (Å²) >= 11 is 5.84. The van der Waals surface area contributed by atoms with Gasteiger partial charge in [0.15, 0.2) is 5.15 Å². The molecule has 0 unspecified atom stereocenters. The minimum absolute atomic E-state index is 0.246. The van der Waals surface area contributed by atoms with Crippen LogP contribution in [-0.2, 0) is 6.42 Å². The third kappa shape index (κ3) is 1.81. The van der Waals surface area contributed by atoms with E-state index in [0.29, 0.717) is 12.1 Å². The molecule has 0 fully saturated rings. The molecule has 0 aliphatic rings. The molecule has 2 heterocycles. The standard InChI is InChI=1S/C8H9ClN6O/c1-2-3-6-7(9)11-13-15(6)8(16)14-5-4-10-12-14/h4-5H,2-3H2,1H3. The molecule has 2 rings (SSSR count). The minimum atomic E-state index is -0.444. The van der Waals surface area contributed by atoms with E-state index in [0.717, 1.165) is 15.8 Å². The lowest BCUT2D eigenvalue weighted by Crippen LogP contribution is -2.23. The van der Waals surface area contributed by atoms with Crippen molar-refractivity contribution in [1.82, 2.24) is 30.0 Å². The average Bonchev–Trinajstić information content (AvgIpc) is 2.89. The van der Waals surface area contributed by atoms with Gasteiger partial charge >= 0.3 is 6.03 Å². The van der Waals surface area contributed by atoms with Gasteiger partial charge in [-0.15, -0.1) is 10.2 Å². The highest BCUT2D eigenvalue weighted by atomic mass is 35.5. The van der Waals surface area contributed by atoms with Crippen LogP contribution in [0.1, 0.15) is 19.0 Å². The molecule has 0 spiro atoms. The van der Waals surface area contributed by atoms with Gasteiger partial charge in [0.25, 0.3) is 0 Å². The number of carbonyl (C=O) groups is 1. The van der Waals surface area contributed by atoms with Crippen LogP contribution in [0.4, 0.5) is 4.79 Å². The van der Waals surface area contributed by atoms with Crippen LogP contribution < -0.4 is 0 Å². The lowest BCUT2D eigenvalue weighted by molar-refractivity contribution is 0.236. The maximum absolute atomic E-state index is 11.9. The molecule has 2 aromatic heterocycles. The summed E-state index contributed by atoms with van der Waals surface area (Å²) < 4.78 is 2.21. The van der Waals surface area contributed by atoms with Gasteiger partial charge in [0.2, 0.25) is 0 Å². The van der Waals surface area contributed by atoms with E-state index in [1.165, 1.54) is 12.4 Å². The Bertz CT molecular complexity index is 491. The molecule has 8 heteroatoms. The Morgan fingerprint density at radius 2 is 2.31 bits per heavy atom. The van der Waals surface area contributed by atoms with E-state index in [1.54, 1.807) is 0 Å². The fraction of sp³-hybridized carbons (Fsp3) is 0.375. The maximum atomic E-state index is 11.9. The van der Waals surface area contributed by atoms with Crippen molar-refractivity contribution in [3.63, 3.8) is 0 Å². The second-order valence-corrected chi connectivity index (χ2v) is 3.48. The highest BCUT2D eigenvalue weighted by Crippen LogP contribution is 2.13. The molecule has 0 bridgehead atoms. The summed E-state index contributed by atoms with van der Waals surface area (Å²) in [5.74, 6) is 0. The number of aromatic nitrogens is 6. The summed E-state index contributed by atoms with van der Waals surface area (Å²) in [6.45, 7) is 1.98. The predicted octanol–water partition coefficient (Wildman–Crippen LogP) is 0.992. The highest BCUT2D eigenvalue weighted by molar-refractivity contribution is 6.30. The highest BCUT2D eigenvalue weighted by Gasteiger charge is 2.17. The van der Waals surface area contributed by atoms with E-state index in [9.17, 15) is 4.79 Å². The molecule has 0 aliphatic heterocycles. The molecule has 84 valence electrons. The molecule has 7 nitrogen and oxygen atoms in total. The second-order valence-electron chi connectivity index (χ2n) is 3.12. The van der Waals surface area contributed by atoms with Crippen LogP contribution in [-0.4, -0.2) is 36.0 Å². The van der Waals surface area contributed by atoms with E-state index < -0.39 is 6.03 Å². The first kappa shape index (κ1) is 10.7. The first-order valence-electron chi connectivity index (χ1n) is 4.75. The third-order valence-electron chi connectivity index (χ3n) is 2.00. The van der Waals surface area contributed by atoms with Crippen molar-refractivity contribution < 1.29 is 4.79 Å². The van der Waals surface area contributed by atoms with Gasteiger partial charge in [-0.05, 0) is 6.42 Å². The molecule has 0 aliphatic carbocycles. The van der Waals surface area contributed by atoms with Crippen molar-refractivity contribution in [2.24, 2.45) is 0 Å². The Hall–Kier alpha value is -1.76. The third-order valence-corrected chi connectivity index (χ3v) is 2.30. The Kier molecular flexibility index (Phi) is 2.95. The fourth-order valence-corrected chi connectivity index (χ4v) is 1.50. The first-order chi connectivity index (χ1) is 7.74. The number of hydrogen-bond acceptors (Lipinski definition) is 5. The molecule has 16 heavy (non-hydrogen) atoms. The van der Waals surface area contributed by atoms with E-state index in [2.05, 4.69) is 20.6 Å². The van der Waals surface area contributed by atoms with E-state index in [4.69, 9.17) is 11.6 Å². The Balaban J connectivity index is 2.37. The molecular formula is C8H9ClN6O. The molecule has 0 aromatic carbocycles. The molecule has 2 aromatic rings. The summed E-state index contributed by atoms with van der Waals surface area (Å²) in [5, 5.41) is 14.7. The Morgan fingerprint density at radius 1 is 1.50 bits per heavy atom. The summed E-state index contributed by atoms with van der Waals surface area (Å²) in [5.41, 5.74) is 0.588.